The van der Waals surface area contributed by atoms with Gasteiger partial charge in [-0.2, -0.15) is 0 Å². The Morgan fingerprint density at radius 3 is 2.85 bits per heavy atom. The first-order valence-electron chi connectivity index (χ1n) is 8.86. The molecule has 0 unspecified atom stereocenters. The molecule has 1 saturated heterocycles. The monoisotopic (exact) mass is 353 g/mol. The summed E-state index contributed by atoms with van der Waals surface area (Å²) in [5, 5.41) is 5.79. The number of halogens is 1. The van der Waals surface area contributed by atoms with E-state index in [1.165, 1.54) is 12.1 Å². The number of carbonyl (C=O) groups is 2. The summed E-state index contributed by atoms with van der Waals surface area (Å²) in [6.45, 7) is 1.33. The van der Waals surface area contributed by atoms with E-state index in [9.17, 15) is 14.0 Å². The Morgan fingerprint density at radius 1 is 1.23 bits per heavy atom. The molecule has 0 aromatic heterocycles. The van der Waals surface area contributed by atoms with Crippen LogP contribution in [0.25, 0.3) is 0 Å². The number of fused-ring (bicyclic) bond motifs is 3. The minimum atomic E-state index is -0.269. The van der Waals surface area contributed by atoms with Gasteiger partial charge in [-0.1, -0.05) is 12.1 Å². The first kappa shape index (κ1) is 16.6. The number of carbonyl (C=O) groups excluding carboxylic acids is 2. The van der Waals surface area contributed by atoms with Gasteiger partial charge in [-0.25, -0.2) is 4.39 Å². The maximum Gasteiger partial charge on any atom is 0.251 e. The van der Waals surface area contributed by atoms with Crippen molar-refractivity contribution in [1.82, 2.24) is 5.32 Å². The highest BCUT2D eigenvalue weighted by atomic mass is 19.1. The van der Waals surface area contributed by atoms with Crippen LogP contribution in [0, 0.1) is 5.82 Å². The maximum atomic E-state index is 12.9. The van der Waals surface area contributed by atoms with E-state index < -0.39 is 0 Å². The molecule has 2 aromatic carbocycles. The van der Waals surface area contributed by atoms with Crippen LogP contribution in [0.15, 0.2) is 42.5 Å². The van der Waals surface area contributed by atoms with E-state index >= 15 is 0 Å². The number of hydrogen-bond donors (Lipinski definition) is 2. The maximum absolute atomic E-state index is 12.9. The molecule has 2 heterocycles. The number of nitrogens with zero attached hydrogens (tertiary/aromatic N) is 1. The van der Waals surface area contributed by atoms with E-state index in [0.29, 0.717) is 24.2 Å². The quantitative estimate of drug-likeness (QED) is 0.888. The van der Waals surface area contributed by atoms with E-state index in [0.717, 1.165) is 30.6 Å². The van der Waals surface area contributed by atoms with Crippen molar-refractivity contribution >= 4 is 23.2 Å². The Morgan fingerprint density at radius 2 is 2.04 bits per heavy atom. The molecule has 0 bridgehead atoms. The predicted octanol–water partition coefficient (Wildman–Crippen LogP) is 2.72. The molecule has 2 aromatic rings. The summed E-state index contributed by atoms with van der Waals surface area (Å²) >= 11 is 0. The first-order valence-corrected chi connectivity index (χ1v) is 8.86. The summed E-state index contributed by atoms with van der Waals surface area (Å²) in [7, 11) is 0. The molecule has 1 fully saturated rings. The van der Waals surface area contributed by atoms with Crippen LogP contribution < -0.4 is 15.5 Å². The van der Waals surface area contributed by atoms with Crippen LogP contribution in [-0.4, -0.2) is 30.9 Å². The summed E-state index contributed by atoms with van der Waals surface area (Å²) in [5.74, 6) is -0.453. The molecule has 4 rings (SSSR count). The molecule has 6 heteroatoms. The SMILES string of the molecule is O=C(NCCc1ccc(F)cc1)c1ccc2c(c1)NC(=O)[C@H]1CCCN21. The van der Waals surface area contributed by atoms with E-state index in [-0.39, 0.29) is 23.7 Å². The number of nitrogens with one attached hydrogen (secondary N) is 2. The normalized spacial score (nSPS) is 18.1. The third-order valence-corrected chi connectivity index (χ3v) is 4.99. The van der Waals surface area contributed by atoms with Gasteiger partial charge in [0.15, 0.2) is 0 Å². The molecule has 2 amide bonds. The van der Waals surface area contributed by atoms with Crippen LogP contribution in [-0.2, 0) is 11.2 Å². The number of amides is 2. The molecule has 2 aliphatic heterocycles. The average molecular weight is 353 g/mol. The number of benzene rings is 2. The van der Waals surface area contributed by atoms with E-state index in [2.05, 4.69) is 15.5 Å². The highest BCUT2D eigenvalue weighted by molar-refractivity contribution is 6.06. The second-order valence-corrected chi connectivity index (χ2v) is 6.70. The van der Waals surface area contributed by atoms with Crippen LogP contribution in [0.4, 0.5) is 15.8 Å². The summed E-state index contributed by atoms with van der Waals surface area (Å²) in [4.78, 5) is 26.7. The average Bonchev–Trinajstić information content (AvgIpc) is 3.13. The molecular weight excluding hydrogens is 333 g/mol. The molecule has 5 nitrogen and oxygen atoms in total. The molecular formula is C20H20FN3O2. The van der Waals surface area contributed by atoms with Gasteiger partial charge < -0.3 is 15.5 Å². The fraction of sp³-hybridized carbons (Fsp3) is 0.300. The zero-order chi connectivity index (χ0) is 18.1. The Balaban J connectivity index is 1.41. The lowest BCUT2D eigenvalue weighted by molar-refractivity contribution is -0.117. The molecule has 1 atom stereocenters. The molecule has 2 aliphatic rings. The standard InChI is InChI=1S/C20H20FN3O2/c21-15-6-3-13(4-7-15)9-10-22-19(25)14-5-8-17-16(12-14)23-20(26)18-2-1-11-24(17)18/h3-8,12,18H,1-2,9-11H2,(H,22,25)(H,23,26)/t18-/m1/s1. The van der Waals surface area contributed by atoms with Crippen LogP contribution in [0.5, 0.6) is 0 Å². The van der Waals surface area contributed by atoms with Crippen molar-refractivity contribution in [3.63, 3.8) is 0 Å². The molecule has 134 valence electrons. The van der Waals surface area contributed by atoms with Crippen LogP contribution in [0.2, 0.25) is 0 Å². The van der Waals surface area contributed by atoms with Gasteiger partial charge in [0.25, 0.3) is 5.91 Å². The fourth-order valence-electron chi connectivity index (χ4n) is 3.65. The zero-order valence-electron chi connectivity index (χ0n) is 14.3. The highest BCUT2D eigenvalue weighted by Gasteiger charge is 2.36. The zero-order valence-corrected chi connectivity index (χ0v) is 14.3. The molecule has 0 radical (unpaired) electrons. The fourth-order valence-corrected chi connectivity index (χ4v) is 3.65. The van der Waals surface area contributed by atoms with Crippen LogP contribution in [0.1, 0.15) is 28.8 Å². The molecule has 26 heavy (non-hydrogen) atoms. The van der Waals surface area contributed by atoms with Crippen LogP contribution >= 0.6 is 0 Å². The Kier molecular flexibility index (Phi) is 4.32. The second-order valence-electron chi connectivity index (χ2n) is 6.70. The van der Waals surface area contributed by atoms with Gasteiger partial charge in [0.05, 0.1) is 11.4 Å². The molecule has 0 aliphatic carbocycles. The molecule has 2 N–H and O–H groups in total. The van der Waals surface area contributed by atoms with E-state index in [1.54, 1.807) is 24.3 Å². The summed E-state index contributed by atoms with van der Waals surface area (Å²) in [6.07, 6.45) is 2.50. The lowest BCUT2D eigenvalue weighted by atomic mass is 10.1. The van der Waals surface area contributed by atoms with Gasteiger partial charge in [0.1, 0.15) is 11.9 Å². The van der Waals surface area contributed by atoms with Crippen molar-refractivity contribution in [3.8, 4) is 0 Å². The van der Waals surface area contributed by atoms with E-state index in [4.69, 9.17) is 0 Å². The highest BCUT2D eigenvalue weighted by Crippen LogP contribution is 2.37. The van der Waals surface area contributed by atoms with Crippen molar-refractivity contribution in [2.75, 3.05) is 23.3 Å². The van der Waals surface area contributed by atoms with Gasteiger partial charge >= 0.3 is 0 Å². The lowest BCUT2D eigenvalue weighted by Crippen LogP contribution is -2.44. The number of rotatable bonds is 4. The van der Waals surface area contributed by atoms with Gasteiger partial charge in [-0.3, -0.25) is 9.59 Å². The van der Waals surface area contributed by atoms with Crippen molar-refractivity contribution in [1.29, 1.82) is 0 Å². The Labute approximate surface area is 151 Å². The minimum absolute atomic E-state index is 0.00358. The molecule has 0 spiro atoms. The Hall–Kier alpha value is -2.89. The second kappa shape index (κ2) is 6.78. The summed E-state index contributed by atoms with van der Waals surface area (Å²) in [6, 6.07) is 11.6. The lowest BCUT2D eigenvalue weighted by Gasteiger charge is -2.33. The van der Waals surface area contributed by atoms with Gasteiger partial charge in [-0.15, -0.1) is 0 Å². The van der Waals surface area contributed by atoms with Crippen molar-refractivity contribution in [2.45, 2.75) is 25.3 Å². The smallest absolute Gasteiger partial charge is 0.251 e. The van der Waals surface area contributed by atoms with Crippen LogP contribution in [0.3, 0.4) is 0 Å². The first-order chi connectivity index (χ1) is 12.6. The molecule has 0 saturated carbocycles. The van der Waals surface area contributed by atoms with Crippen molar-refractivity contribution < 1.29 is 14.0 Å². The third-order valence-electron chi connectivity index (χ3n) is 4.99. The predicted molar refractivity (Wildman–Crippen MR) is 97.9 cm³/mol. The van der Waals surface area contributed by atoms with Gasteiger partial charge in [-0.05, 0) is 55.2 Å². The van der Waals surface area contributed by atoms with Gasteiger partial charge in [0.2, 0.25) is 5.91 Å². The third kappa shape index (κ3) is 3.14. The summed E-state index contributed by atoms with van der Waals surface area (Å²) < 4.78 is 12.9. The number of hydrogen-bond acceptors (Lipinski definition) is 3. The number of anilines is 2. The topological polar surface area (TPSA) is 61.4 Å². The summed E-state index contributed by atoms with van der Waals surface area (Å²) in [5.41, 5.74) is 3.15. The van der Waals surface area contributed by atoms with Crippen molar-refractivity contribution in [3.05, 3.63) is 59.4 Å². The van der Waals surface area contributed by atoms with Crippen molar-refractivity contribution in [2.24, 2.45) is 0 Å². The van der Waals surface area contributed by atoms with E-state index in [1.807, 2.05) is 6.07 Å². The largest absolute Gasteiger partial charge is 0.358 e. The minimum Gasteiger partial charge on any atom is -0.358 e. The van der Waals surface area contributed by atoms with Gasteiger partial charge in [0, 0.05) is 18.7 Å². The Bertz CT molecular complexity index is 851.